The van der Waals surface area contributed by atoms with E-state index in [2.05, 4.69) is 16.2 Å². The largest absolute Gasteiger partial charge is 0.490 e. The zero-order valence-corrected chi connectivity index (χ0v) is 17.4. The summed E-state index contributed by atoms with van der Waals surface area (Å²) in [6, 6.07) is 11.6. The molecule has 0 unspecified atom stereocenters. The highest BCUT2D eigenvalue weighted by Crippen LogP contribution is 2.27. The summed E-state index contributed by atoms with van der Waals surface area (Å²) in [7, 11) is 1.28. The van der Waals surface area contributed by atoms with E-state index in [4.69, 9.17) is 4.74 Å². The van der Waals surface area contributed by atoms with Crippen LogP contribution in [0.5, 0.6) is 5.75 Å². The molecule has 3 amide bonds. The molecule has 2 aromatic rings. The molecule has 168 valence electrons. The molecule has 0 aromatic heterocycles. The fourth-order valence-corrected chi connectivity index (χ4v) is 3.41. The zero-order chi connectivity index (χ0) is 23.1. The number of hydrogen-bond acceptors (Lipinski definition) is 7. The number of carbonyl (C=O) groups is 3. The first-order valence-electron chi connectivity index (χ1n) is 9.90. The number of para-hydroxylation sites is 1. The molecule has 1 aliphatic rings. The number of hydrazine groups is 1. The highest BCUT2D eigenvalue weighted by atomic mass is 16.6. The second kappa shape index (κ2) is 10.2. The minimum Gasteiger partial charge on any atom is -0.490 e. The molecule has 32 heavy (non-hydrogen) atoms. The molecule has 0 atom stereocenters. The average Bonchev–Trinajstić information content (AvgIpc) is 2.81. The molecule has 2 aromatic carbocycles. The van der Waals surface area contributed by atoms with Crippen molar-refractivity contribution in [2.45, 2.75) is 12.8 Å². The highest BCUT2D eigenvalue weighted by molar-refractivity contribution is 5.97. The first-order chi connectivity index (χ1) is 15.4. The van der Waals surface area contributed by atoms with Gasteiger partial charge in [-0.15, -0.1) is 0 Å². The number of nitrogens with one attached hydrogen (secondary N) is 3. The second-order valence-corrected chi connectivity index (χ2v) is 7.08. The quantitative estimate of drug-likeness (QED) is 0.428. The number of nitro groups is 1. The molecule has 11 heteroatoms. The van der Waals surface area contributed by atoms with Crippen molar-refractivity contribution in [3.05, 3.63) is 63.7 Å². The maximum Gasteiger partial charge on any atom is 0.311 e. The molecule has 0 saturated heterocycles. The smallest absolute Gasteiger partial charge is 0.311 e. The van der Waals surface area contributed by atoms with Gasteiger partial charge in [-0.05, 0) is 36.6 Å². The topological polar surface area (TPSA) is 143 Å². The first-order valence-corrected chi connectivity index (χ1v) is 9.90. The molecule has 1 aliphatic heterocycles. The zero-order valence-electron chi connectivity index (χ0n) is 17.4. The Bertz CT molecular complexity index is 1040. The monoisotopic (exact) mass is 441 g/mol. The van der Waals surface area contributed by atoms with Crippen molar-refractivity contribution >= 4 is 29.1 Å². The van der Waals surface area contributed by atoms with E-state index in [1.807, 2.05) is 29.2 Å². The Balaban J connectivity index is 1.46. The van der Waals surface area contributed by atoms with Gasteiger partial charge in [0.1, 0.15) is 0 Å². The number of anilines is 1. The van der Waals surface area contributed by atoms with Gasteiger partial charge in [-0.3, -0.25) is 35.3 Å². The van der Waals surface area contributed by atoms with Crippen molar-refractivity contribution in [2.24, 2.45) is 0 Å². The average molecular weight is 441 g/mol. The molecule has 3 rings (SSSR count). The van der Waals surface area contributed by atoms with Crippen molar-refractivity contribution < 1.29 is 24.0 Å². The maximum atomic E-state index is 12.2. The minimum atomic E-state index is -0.679. The summed E-state index contributed by atoms with van der Waals surface area (Å²) in [6.07, 6.45) is 1.90. The van der Waals surface area contributed by atoms with E-state index in [0.717, 1.165) is 31.1 Å². The lowest BCUT2D eigenvalue weighted by atomic mass is 10.0. The predicted molar refractivity (Wildman–Crippen MR) is 115 cm³/mol. The van der Waals surface area contributed by atoms with Crippen LogP contribution in [-0.4, -0.2) is 49.4 Å². The molecule has 0 spiro atoms. The summed E-state index contributed by atoms with van der Waals surface area (Å²) in [5, 5.41) is 13.4. The molecule has 3 N–H and O–H groups in total. The fourth-order valence-electron chi connectivity index (χ4n) is 3.41. The second-order valence-electron chi connectivity index (χ2n) is 7.08. The molecule has 11 nitrogen and oxygen atoms in total. The van der Waals surface area contributed by atoms with Gasteiger partial charge in [0, 0.05) is 23.9 Å². The van der Waals surface area contributed by atoms with Gasteiger partial charge in [0.25, 0.3) is 17.7 Å². The number of nitro benzene ring substituents is 1. The Morgan fingerprint density at radius 2 is 1.88 bits per heavy atom. The molecular formula is C21H23N5O6. The van der Waals surface area contributed by atoms with Gasteiger partial charge in [0.2, 0.25) is 0 Å². The van der Waals surface area contributed by atoms with E-state index < -0.39 is 29.2 Å². The molecule has 0 aliphatic carbocycles. The Hall–Kier alpha value is -4.15. The third kappa shape index (κ3) is 5.50. The lowest BCUT2D eigenvalue weighted by Gasteiger charge is -2.30. The van der Waals surface area contributed by atoms with E-state index >= 15 is 0 Å². The van der Waals surface area contributed by atoms with Crippen LogP contribution in [0.1, 0.15) is 22.3 Å². The summed E-state index contributed by atoms with van der Waals surface area (Å²) in [4.78, 5) is 48.7. The van der Waals surface area contributed by atoms with Gasteiger partial charge in [0.15, 0.2) is 5.75 Å². The van der Waals surface area contributed by atoms with Gasteiger partial charge in [0.05, 0.1) is 25.1 Å². The number of nitrogens with zero attached hydrogens (tertiary/aromatic N) is 2. The van der Waals surface area contributed by atoms with Crippen LogP contribution >= 0.6 is 0 Å². The van der Waals surface area contributed by atoms with Crippen molar-refractivity contribution in [1.29, 1.82) is 0 Å². The van der Waals surface area contributed by atoms with Gasteiger partial charge in [-0.25, -0.2) is 0 Å². The number of methoxy groups -OCH3 is 1. The summed E-state index contributed by atoms with van der Waals surface area (Å²) in [5.41, 5.74) is 6.38. The number of amides is 3. The molecule has 0 radical (unpaired) electrons. The first kappa shape index (κ1) is 22.5. The van der Waals surface area contributed by atoms with E-state index in [1.54, 1.807) is 0 Å². The summed E-state index contributed by atoms with van der Waals surface area (Å²) in [5.74, 6) is -1.70. The van der Waals surface area contributed by atoms with Crippen LogP contribution < -0.4 is 25.8 Å². The van der Waals surface area contributed by atoms with Crippen molar-refractivity contribution in [2.75, 3.05) is 31.6 Å². The van der Waals surface area contributed by atoms with E-state index in [1.165, 1.54) is 24.8 Å². The van der Waals surface area contributed by atoms with Gasteiger partial charge in [-0.2, -0.15) is 0 Å². The Morgan fingerprint density at radius 1 is 1.12 bits per heavy atom. The van der Waals surface area contributed by atoms with Gasteiger partial charge in [-0.1, -0.05) is 18.2 Å². The van der Waals surface area contributed by atoms with E-state index in [0.29, 0.717) is 0 Å². The van der Waals surface area contributed by atoms with Crippen LogP contribution in [-0.2, 0) is 16.0 Å². The van der Waals surface area contributed by atoms with Crippen LogP contribution in [0, 0.1) is 10.1 Å². The van der Waals surface area contributed by atoms with E-state index in [9.17, 15) is 24.5 Å². The van der Waals surface area contributed by atoms with E-state index in [-0.39, 0.29) is 23.5 Å². The number of hydrogen-bond donors (Lipinski definition) is 3. The number of benzene rings is 2. The van der Waals surface area contributed by atoms with Crippen LogP contribution in [0.15, 0.2) is 42.5 Å². The van der Waals surface area contributed by atoms with Crippen LogP contribution in [0.4, 0.5) is 11.4 Å². The third-order valence-electron chi connectivity index (χ3n) is 4.93. The van der Waals surface area contributed by atoms with Gasteiger partial charge >= 0.3 is 5.69 Å². The van der Waals surface area contributed by atoms with Crippen molar-refractivity contribution in [3.8, 4) is 5.75 Å². The summed E-state index contributed by atoms with van der Waals surface area (Å²) >= 11 is 0. The molecule has 1 heterocycles. The number of rotatable bonds is 7. The minimum absolute atomic E-state index is 0.00176. The molecule has 0 saturated carbocycles. The lowest BCUT2D eigenvalue weighted by molar-refractivity contribution is -0.385. The number of fused-ring (bicyclic) bond motifs is 1. The normalized spacial score (nSPS) is 12.3. The number of ether oxygens (including phenoxy) is 1. The maximum absolute atomic E-state index is 12.2. The third-order valence-corrected chi connectivity index (χ3v) is 4.93. The number of aryl methyl sites for hydroxylation is 1. The SMILES string of the molecule is COc1ccc(C(=O)NCC(=O)NNC(=O)CN2CCCc3ccccc32)cc1[N+](=O)[O-]. The van der Waals surface area contributed by atoms with Crippen LogP contribution in [0.2, 0.25) is 0 Å². The molecule has 0 bridgehead atoms. The van der Waals surface area contributed by atoms with Crippen LogP contribution in [0.25, 0.3) is 0 Å². The Morgan fingerprint density at radius 3 is 2.62 bits per heavy atom. The highest BCUT2D eigenvalue weighted by Gasteiger charge is 2.20. The molecular weight excluding hydrogens is 418 g/mol. The fraction of sp³-hybridized carbons (Fsp3) is 0.286. The Labute approximate surface area is 183 Å². The lowest BCUT2D eigenvalue weighted by Crippen LogP contribution is -2.49. The van der Waals surface area contributed by atoms with Crippen LogP contribution in [0.3, 0.4) is 0 Å². The summed E-state index contributed by atoms with van der Waals surface area (Å²) in [6.45, 7) is 0.396. The van der Waals surface area contributed by atoms with Crippen molar-refractivity contribution in [3.63, 3.8) is 0 Å². The predicted octanol–water partition coefficient (Wildman–Crippen LogP) is 0.933. The summed E-state index contributed by atoms with van der Waals surface area (Å²) < 4.78 is 4.89. The Kier molecular flexibility index (Phi) is 7.21. The van der Waals surface area contributed by atoms with Crippen molar-refractivity contribution in [1.82, 2.24) is 16.2 Å². The number of carbonyl (C=O) groups excluding carboxylic acids is 3. The van der Waals surface area contributed by atoms with Gasteiger partial charge < -0.3 is 15.0 Å². The standard InChI is InChI=1S/C21H23N5O6/c1-32-18-9-8-15(11-17(18)26(30)31)21(29)22-12-19(27)23-24-20(28)13-25-10-4-6-14-5-2-3-7-16(14)25/h2-3,5,7-9,11H,4,6,10,12-13H2,1H3,(H,22,29)(H,23,27)(H,24,28). The molecule has 0 fully saturated rings.